The van der Waals surface area contributed by atoms with Gasteiger partial charge in [-0.1, -0.05) is 0 Å². The van der Waals surface area contributed by atoms with Crippen molar-refractivity contribution in [2.24, 2.45) is 7.05 Å². The lowest BCUT2D eigenvalue weighted by Crippen LogP contribution is -2.25. The number of pyridine rings is 2. The Labute approximate surface area is 206 Å². The number of aromatic amines is 1. The molecular formula is C26H28N4O4S. The molecule has 0 atom stereocenters. The second kappa shape index (κ2) is 8.35. The molecule has 0 radical (unpaired) electrons. The summed E-state index contributed by atoms with van der Waals surface area (Å²) in [6.07, 6.45) is 3.69. The number of hydrogen-bond donors (Lipinski definition) is 3. The Morgan fingerprint density at radius 3 is 2.66 bits per heavy atom. The van der Waals surface area contributed by atoms with Crippen LogP contribution in [0.1, 0.15) is 53.3 Å². The molecule has 1 amide bonds. The van der Waals surface area contributed by atoms with Crippen molar-refractivity contribution in [2.45, 2.75) is 52.2 Å². The monoisotopic (exact) mass is 492 g/mol. The number of thiophene rings is 1. The van der Waals surface area contributed by atoms with Crippen LogP contribution in [0.3, 0.4) is 0 Å². The van der Waals surface area contributed by atoms with Gasteiger partial charge < -0.3 is 24.7 Å². The largest absolute Gasteiger partial charge is 0.437 e. The Balaban J connectivity index is 1.68. The Hall–Kier alpha value is -3.43. The van der Waals surface area contributed by atoms with E-state index in [-0.39, 0.29) is 17.5 Å². The van der Waals surface area contributed by atoms with E-state index in [1.807, 2.05) is 32.0 Å². The lowest BCUT2D eigenvalue weighted by atomic mass is 10.1. The molecule has 1 saturated carbocycles. The SMILES string of the molecule is Cc1cc(C)nc(Oc2cc(C(C)(C)O)sc2-c2cn(C)c(=O)c3[nH]c(C(=O)NC4CC4)cc23)c1. The molecule has 0 aromatic carbocycles. The van der Waals surface area contributed by atoms with Gasteiger partial charge in [-0.15, -0.1) is 11.3 Å². The quantitative estimate of drug-likeness (QED) is 0.367. The standard InChI is InChI=1S/C26H28N4O4S/c1-13-8-14(2)27-21(9-13)34-19-11-20(26(3,4)33)35-23(19)17-12-30(5)25(32)22-16(17)10-18(29-22)24(31)28-15-6-7-15/h8-12,15,29,33H,6-7H2,1-5H3,(H,28,31). The molecule has 3 N–H and O–H groups in total. The maximum Gasteiger partial charge on any atom is 0.274 e. The van der Waals surface area contributed by atoms with Crippen LogP contribution >= 0.6 is 11.3 Å². The highest BCUT2D eigenvalue weighted by Gasteiger charge is 2.28. The van der Waals surface area contributed by atoms with E-state index in [9.17, 15) is 14.7 Å². The fourth-order valence-corrected chi connectivity index (χ4v) is 5.15. The summed E-state index contributed by atoms with van der Waals surface area (Å²) < 4.78 is 7.73. The van der Waals surface area contributed by atoms with E-state index >= 15 is 0 Å². The molecule has 0 bridgehead atoms. The van der Waals surface area contributed by atoms with E-state index in [0.717, 1.165) is 34.5 Å². The minimum absolute atomic E-state index is 0.202. The average Bonchev–Trinajstić information content (AvgIpc) is 3.29. The topological polar surface area (TPSA) is 109 Å². The Morgan fingerprint density at radius 2 is 2.00 bits per heavy atom. The highest BCUT2D eigenvalue weighted by atomic mass is 32.1. The van der Waals surface area contributed by atoms with E-state index < -0.39 is 5.60 Å². The van der Waals surface area contributed by atoms with E-state index in [1.54, 1.807) is 33.2 Å². The van der Waals surface area contributed by atoms with Gasteiger partial charge in [-0.3, -0.25) is 9.59 Å². The van der Waals surface area contributed by atoms with Crippen LogP contribution in [0.2, 0.25) is 0 Å². The molecule has 5 rings (SSSR count). The Kier molecular flexibility index (Phi) is 5.56. The van der Waals surface area contributed by atoms with Gasteiger partial charge in [0.2, 0.25) is 5.88 Å². The maximum atomic E-state index is 12.9. The number of H-pyrrole nitrogens is 1. The third-order valence-corrected chi connectivity index (χ3v) is 7.42. The molecule has 0 aliphatic heterocycles. The van der Waals surface area contributed by atoms with Crippen molar-refractivity contribution in [1.82, 2.24) is 19.9 Å². The zero-order valence-electron chi connectivity index (χ0n) is 20.4. The zero-order chi connectivity index (χ0) is 25.1. The van der Waals surface area contributed by atoms with Crippen molar-refractivity contribution >= 4 is 28.1 Å². The molecule has 8 nitrogen and oxygen atoms in total. The van der Waals surface area contributed by atoms with Gasteiger partial charge in [-0.2, -0.15) is 0 Å². The van der Waals surface area contributed by atoms with Crippen LogP contribution < -0.4 is 15.6 Å². The Morgan fingerprint density at radius 1 is 1.26 bits per heavy atom. The summed E-state index contributed by atoms with van der Waals surface area (Å²) in [7, 11) is 1.67. The van der Waals surface area contributed by atoms with Crippen LogP contribution in [-0.2, 0) is 12.6 Å². The summed E-state index contributed by atoms with van der Waals surface area (Å²) in [5, 5.41) is 14.3. The van der Waals surface area contributed by atoms with E-state index in [2.05, 4.69) is 15.3 Å². The number of aryl methyl sites for hydroxylation is 3. The first kappa shape index (κ1) is 23.3. The first-order valence-electron chi connectivity index (χ1n) is 11.5. The number of rotatable bonds is 6. The van der Waals surface area contributed by atoms with Crippen LogP contribution in [-0.4, -0.2) is 31.6 Å². The van der Waals surface area contributed by atoms with Gasteiger partial charge in [-0.25, -0.2) is 4.98 Å². The second-order valence-electron chi connectivity index (χ2n) is 9.77. The fourth-order valence-electron chi connectivity index (χ4n) is 4.04. The van der Waals surface area contributed by atoms with Gasteiger partial charge in [0, 0.05) is 46.9 Å². The van der Waals surface area contributed by atoms with Gasteiger partial charge in [-0.05, 0) is 64.3 Å². The smallest absolute Gasteiger partial charge is 0.274 e. The average molecular weight is 493 g/mol. The van der Waals surface area contributed by atoms with Gasteiger partial charge in [0.05, 0.1) is 10.5 Å². The number of fused-ring (bicyclic) bond motifs is 1. The molecular weight excluding hydrogens is 464 g/mol. The second-order valence-corrected chi connectivity index (χ2v) is 10.8. The number of ether oxygens (including phenoxy) is 1. The third kappa shape index (κ3) is 4.61. The van der Waals surface area contributed by atoms with Gasteiger partial charge in [0.15, 0.2) is 0 Å². The lowest BCUT2D eigenvalue weighted by Gasteiger charge is -2.13. The number of amides is 1. The molecule has 35 heavy (non-hydrogen) atoms. The molecule has 182 valence electrons. The van der Waals surface area contributed by atoms with Crippen LogP contribution in [0.4, 0.5) is 0 Å². The van der Waals surface area contributed by atoms with Gasteiger partial charge in [0.1, 0.15) is 17.0 Å². The number of nitrogens with one attached hydrogen (secondary N) is 2. The molecule has 1 aliphatic rings. The van der Waals surface area contributed by atoms with Gasteiger partial charge >= 0.3 is 0 Å². The van der Waals surface area contributed by atoms with E-state index in [1.165, 1.54) is 15.9 Å². The number of hydrogen-bond acceptors (Lipinski definition) is 6. The van der Waals surface area contributed by atoms with Gasteiger partial charge in [0.25, 0.3) is 11.5 Å². The minimum atomic E-state index is -1.09. The normalized spacial score (nSPS) is 13.9. The molecule has 1 fully saturated rings. The van der Waals surface area contributed by atoms with Crippen LogP contribution in [0, 0.1) is 13.8 Å². The molecule has 4 aromatic rings. The third-order valence-electron chi connectivity index (χ3n) is 5.96. The summed E-state index contributed by atoms with van der Waals surface area (Å²) in [5.74, 6) is 0.745. The number of carbonyl (C=O) groups excluding carboxylic acids is 1. The minimum Gasteiger partial charge on any atom is -0.437 e. The first-order valence-corrected chi connectivity index (χ1v) is 12.3. The number of carbonyl (C=O) groups is 1. The molecule has 1 aliphatic carbocycles. The number of aliphatic hydroxyl groups is 1. The summed E-state index contributed by atoms with van der Waals surface area (Å²) >= 11 is 1.38. The summed E-state index contributed by atoms with van der Waals surface area (Å²) in [5.41, 5.74) is 1.95. The number of aromatic nitrogens is 3. The van der Waals surface area contributed by atoms with Crippen LogP contribution in [0.25, 0.3) is 21.3 Å². The van der Waals surface area contributed by atoms with E-state index in [0.29, 0.717) is 33.1 Å². The highest BCUT2D eigenvalue weighted by Crippen LogP contribution is 2.45. The van der Waals surface area contributed by atoms with Crippen molar-refractivity contribution in [2.75, 3.05) is 0 Å². The predicted molar refractivity (Wildman–Crippen MR) is 136 cm³/mol. The molecule has 9 heteroatoms. The highest BCUT2D eigenvalue weighted by molar-refractivity contribution is 7.16. The van der Waals surface area contributed by atoms with Crippen molar-refractivity contribution in [1.29, 1.82) is 0 Å². The van der Waals surface area contributed by atoms with Crippen molar-refractivity contribution in [3.63, 3.8) is 0 Å². The summed E-state index contributed by atoms with van der Waals surface area (Å²) in [6, 6.07) is 7.54. The maximum absolute atomic E-state index is 12.9. The molecule has 0 saturated heterocycles. The summed E-state index contributed by atoms with van der Waals surface area (Å²) in [4.78, 5) is 34.6. The fraction of sp³-hybridized carbons (Fsp3) is 0.346. The lowest BCUT2D eigenvalue weighted by molar-refractivity contribution is 0.0824. The molecule has 0 spiro atoms. The Bertz CT molecular complexity index is 1500. The van der Waals surface area contributed by atoms with Crippen molar-refractivity contribution < 1.29 is 14.6 Å². The van der Waals surface area contributed by atoms with Crippen LogP contribution in [0.5, 0.6) is 11.6 Å². The van der Waals surface area contributed by atoms with Crippen LogP contribution in [0.15, 0.2) is 35.3 Å². The predicted octanol–water partition coefficient (Wildman–Crippen LogP) is 4.52. The molecule has 4 heterocycles. The van der Waals surface area contributed by atoms with Crippen molar-refractivity contribution in [3.8, 4) is 22.1 Å². The first-order chi connectivity index (χ1) is 16.5. The molecule has 0 unspecified atom stereocenters. The van der Waals surface area contributed by atoms with Crippen molar-refractivity contribution in [3.05, 3.63) is 62.6 Å². The summed E-state index contributed by atoms with van der Waals surface area (Å²) in [6.45, 7) is 7.31. The molecule has 4 aromatic heterocycles. The van der Waals surface area contributed by atoms with E-state index in [4.69, 9.17) is 4.74 Å². The number of nitrogens with zero attached hydrogens (tertiary/aromatic N) is 2. The zero-order valence-corrected chi connectivity index (χ0v) is 21.2.